The molecule has 0 saturated heterocycles. The standard InChI is InChI=1S/C19H21BN3O/c1-12-10-17(22(4)11-13(12)2)20-9-8-16-18(23(20)5)15-7-6-14(3)21-19(15)24-16/h6-11H,1-5H3/q+1. The lowest BCUT2D eigenvalue weighted by Gasteiger charge is -2.26. The number of rotatable bonds is 1. The Morgan fingerprint density at radius 3 is 2.75 bits per heavy atom. The van der Waals surface area contributed by atoms with Gasteiger partial charge in [0.05, 0.1) is 11.1 Å². The molecule has 4 rings (SSSR count). The number of aromatic nitrogens is 2. The minimum Gasteiger partial charge on any atom is -0.436 e. The summed E-state index contributed by atoms with van der Waals surface area (Å²) in [5.41, 5.74) is 6.67. The Balaban J connectivity index is 1.86. The van der Waals surface area contributed by atoms with Gasteiger partial charge >= 0.3 is 6.85 Å². The van der Waals surface area contributed by atoms with Gasteiger partial charge in [0.2, 0.25) is 5.71 Å². The molecule has 0 radical (unpaired) electrons. The largest absolute Gasteiger partial charge is 0.436 e. The Bertz CT molecular complexity index is 990. The highest BCUT2D eigenvalue weighted by molar-refractivity contribution is 6.81. The van der Waals surface area contributed by atoms with E-state index in [4.69, 9.17) is 4.42 Å². The van der Waals surface area contributed by atoms with Crippen LogP contribution in [0.5, 0.6) is 0 Å². The average molecular weight is 318 g/mol. The molecule has 0 aliphatic carbocycles. The molecule has 0 fully saturated rings. The van der Waals surface area contributed by atoms with Gasteiger partial charge in [-0.15, -0.1) is 0 Å². The van der Waals surface area contributed by atoms with E-state index in [1.807, 2.05) is 13.0 Å². The predicted octanol–water partition coefficient (Wildman–Crippen LogP) is 2.48. The van der Waals surface area contributed by atoms with Crippen LogP contribution in [0.1, 0.15) is 22.6 Å². The summed E-state index contributed by atoms with van der Waals surface area (Å²) in [7, 11) is 4.23. The van der Waals surface area contributed by atoms with Crippen molar-refractivity contribution in [3.8, 4) is 0 Å². The average Bonchev–Trinajstić information content (AvgIpc) is 2.90. The Morgan fingerprint density at radius 2 is 1.96 bits per heavy atom. The highest BCUT2D eigenvalue weighted by Crippen LogP contribution is 2.36. The predicted molar refractivity (Wildman–Crippen MR) is 98.7 cm³/mol. The number of fused-ring (bicyclic) bond motifs is 3. The van der Waals surface area contributed by atoms with Gasteiger partial charge in [-0.05, 0) is 51.6 Å². The first-order valence-electron chi connectivity index (χ1n) is 8.23. The van der Waals surface area contributed by atoms with E-state index in [1.165, 1.54) is 16.7 Å². The van der Waals surface area contributed by atoms with Crippen LogP contribution in [0, 0.1) is 20.8 Å². The molecule has 0 spiro atoms. The molecular weight excluding hydrogens is 297 g/mol. The van der Waals surface area contributed by atoms with Crippen molar-refractivity contribution in [2.24, 2.45) is 7.05 Å². The Morgan fingerprint density at radius 1 is 1.17 bits per heavy atom. The fraction of sp³-hybridized carbons (Fsp3) is 0.263. The van der Waals surface area contributed by atoms with Gasteiger partial charge in [-0.25, -0.2) is 9.55 Å². The summed E-state index contributed by atoms with van der Waals surface area (Å²) >= 11 is 0. The molecule has 120 valence electrons. The van der Waals surface area contributed by atoms with Crippen molar-refractivity contribution < 1.29 is 8.98 Å². The van der Waals surface area contributed by atoms with Crippen LogP contribution in [0.25, 0.3) is 17.2 Å². The highest BCUT2D eigenvalue weighted by Gasteiger charge is 2.35. The minimum atomic E-state index is 0.170. The molecule has 3 aromatic heterocycles. The van der Waals surface area contributed by atoms with Gasteiger partial charge in [0, 0.05) is 17.3 Å². The van der Waals surface area contributed by atoms with Crippen molar-refractivity contribution >= 4 is 35.3 Å². The SMILES string of the molecule is Cc1ccc2c3c(oc2n1)C=CB(c1cc(C)c(C)c[n+]1C)N3C. The molecule has 0 N–H and O–H groups in total. The van der Waals surface area contributed by atoms with Crippen molar-refractivity contribution in [3.05, 3.63) is 53.0 Å². The second-order valence-electron chi connectivity index (χ2n) is 6.71. The second-order valence-corrected chi connectivity index (χ2v) is 6.71. The lowest BCUT2D eigenvalue weighted by Crippen LogP contribution is -2.60. The van der Waals surface area contributed by atoms with Crippen LogP contribution in [0.15, 0.2) is 34.8 Å². The normalized spacial score (nSPS) is 13.7. The molecule has 4 heterocycles. The highest BCUT2D eigenvalue weighted by atomic mass is 16.3. The maximum atomic E-state index is 5.95. The summed E-state index contributed by atoms with van der Waals surface area (Å²) in [4.78, 5) is 6.80. The number of aryl methyl sites for hydroxylation is 4. The van der Waals surface area contributed by atoms with Crippen LogP contribution in [0.2, 0.25) is 0 Å². The van der Waals surface area contributed by atoms with Gasteiger partial charge < -0.3 is 9.23 Å². The monoisotopic (exact) mass is 318 g/mol. The van der Waals surface area contributed by atoms with Crippen molar-refractivity contribution in [2.45, 2.75) is 20.8 Å². The molecule has 1 aliphatic rings. The first-order valence-corrected chi connectivity index (χ1v) is 8.23. The molecule has 24 heavy (non-hydrogen) atoms. The van der Waals surface area contributed by atoms with E-state index in [1.54, 1.807) is 0 Å². The zero-order valence-electron chi connectivity index (χ0n) is 14.8. The number of hydrogen-bond acceptors (Lipinski definition) is 3. The summed E-state index contributed by atoms with van der Waals surface area (Å²) in [5.74, 6) is 3.08. The van der Waals surface area contributed by atoms with Gasteiger partial charge in [-0.2, -0.15) is 0 Å². The second kappa shape index (κ2) is 5.23. The molecule has 0 saturated carbocycles. The molecule has 0 aromatic carbocycles. The summed E-state index contributed by atoms with van der Waals surface area (Å²) in [5, 5.41) is 1.07. The fourth-order valence-corrected chi connectivity index (χ4v) is 3.49. The van der Waals surface area contributed by atoms with Crippen LogP contribution in [-0.2, 0) is 7.05 Å². The van der Waals surface area contributed by atoms with Crippen molar-refractivity contribution in [3.63, 3.8) is 0 Å². The van der Waals surface area contributed by atoms with E-state index in [0.29, 0.717) is 5.71 Å². The quantitative estimate of drug-likeness (QED) is 0.510. The number of furan rings is 1. The molecule has 1 aliphatic heterocycles. The van der Waals surface area contributed by atoms with E-state index in [-0.39, 0.29) is 6.85 Å². The van der Waals surface area contributed by atoms with Gasteiger partial charge in [0.25, 0.3) is 0 Å². The van der Waals surface area contributed by atoms with Crippen molar-refractivity contribution in [1.29, 1.82) is 0 Å². The topological polar surface area (TPSA) is 33.1 Å². The summed E-state index contributed by atoms with van der Waals surface area (Å²) in [6, 6.07) is 6.42. The van der Waals surface area contributed by atoms with Crippen LogP contribution in [0.4, 0.5) is 5.69 Å². The smallest absolute Gasteiger partial charge is 0.396 e. The van der Waals surface area contributed by atoms with E-state index < -0.39 is 0 Å². The fourth-order valence-electron chi connectivity index (χ4n) is 3.49. The van der Waals surface area contributed by atoms with E-state index in [9.17, 15) is 0 Å². The number of nitrogens with zero attached hydrogens (tertiary/aromatic N) is 3. The van der Waals surface area contributed by atoms with Gasteiger partial charge in [-0.3, -0.25) is 0 Å². The summed E-state index contributed by atoms with van der Waals surface area (Å²) in [6.45, 7) is 6.47. The van der Waals surface area contributed by atoms with Crippen molar-refractivity contribution in [1.82, 2.24) is 4.98 Å². The van der Waals surface area contributed by atoms with E-state index in [0.717, 1.165) is 22.5 Å². The summed E-state index contributed by atoms with van der Waals surface area (Å²) in [6.07, 6.45) is 4.27. The van der Waals surface area contributed by atoms with Gasteiger partial charge in [0.15, 0.2) is 17.6 Å². The van der Waals surface area contributed by atoms with Crippen LogP contribution in [0.3, 0.4) is 0 Å². The lowest BCUT2D eigenvalue weighted by molar-refractivity contribution is -0.654. The molecule has 0 unspecified atom stereocenters. The third-order valence-corrected chi connectivity index (χ3v) is 4.98. The van der Waals surface area contributed by atoms with Gasteiger partial charge in [0.1, 0.15) is 7.05 Å². The molecule has 0 bridgehead atoms. The molecule has 3 aromatic rings. The number of pyridine rings is 2. The molecule has 0 atom stereocenters. The maximum absolute atomic E-state index is 5.95. The molecule has 0 amide bonds. The van der Waals surface area contributed by atoms with E-state index in [2.05, 4.69) is 72.7 Å². The number of anilines is 1. The summed E-state index contributed by atoms with van der Waals surface area (Å²) < 4.78 is 8.16. The third kappa shape index (κ3) is 2.15. The van der Waals surface area contributed by atoms with Gasteiger partial charge in [-0.1, -0.05) is 5.98 Å². The van der Waals surface area contributed by atoms with Crippen LogP contribution in [-0.4, -0.2) is 18.9 Å². The van der Waals surface area contributed by atoms with Crippen LogP contribution < -0.4 is 15.0 Å². The van der Waals surface area contributed by atoms with Crippen molar-refractivity contribution in [2.75, 3.05) is 11.9 Å². The minimum absolute atomic E-state index is 0.170. The third-order valence-electron chi connectivity index (χ3n) is 4.98. The Hall–Kier alpha value is -2.56. The Labute approximate surface area is 142 Å². The first kappa shape index (κ1) is 15.0. The Kier molecular flexibility index (Phi) is 3.27. The zero-order chi connectivity index (χ0) is 17.0. The molecular formula is C19H21BN3O+. The maximum Gasteiger partial charge on any atom is 0.396 e. The number of hydrogen-bond donors (Lipinski definition) is 0. The van der Waals surface area contributed by atoms with Crippen LogP contribution >= 0.6 is 0 Å². The lowest BCUT2D eigenvalue weighted by atomic mass is 9.55. The van der Waals surface area contributed by atoms with E-state index >= 15 is 0 Å². The zero-order valence-corrected chi connectivity index (χ0v) is 14.8. The molecule has 5 heteroatoms. The molecule has 4 nitrogen and oxygen atoms in total. The first-order chi connectivity index (χ1) is 11.5.